The molecule has 3 heterocycles. The summed E-state index contributed by atoms with van der Waals surface area (Å²) in [4.78, 5) is 13.9. The largest absolute Gasteiger partial charge is 0.357 e. The molecule has 0 aliphatic carbocycles. The molecule has 0 bridgehead atoms. The van der Waals surface area contributed by atoms with E-state index < -0.39 is 0 Å². The van der Waals surface area contributed by atoms with E-state index in [0.717, 1.165) is 16.6 Å². The van der Waals surface area contributed by atoms with Crippen LogP contribution in [0.25, 0.3) is 22.4 Å². The fourth-order valence-electron chi connectivity index (χ4n) is 2.74. The zero-order valence-corrected chi connectivity index (χ0v) is 13.6. The van der Waals surface area contributed by atoms with Gasteiger partial charge in [0.2, 0.25) is 11.7 Å². The molecule has 0 unspecified atom stereocenters. The zero-order chi connectivity index (χ0) is 17.2. The van der Waals surface area contributed by atoms with E-state index in [9.17, 15) is 4.39 Å². The van der Waals surface area contributed by atoms with Crippen molar-refractivity contribution in [1.29, 1.82) is 0 Å². The van der Waals surface area contributed by atoms with Gasteiger partial charge in [-0.3, -0.25) is 9.88 Å². The first-order chi connectivity index (χ1) is 12.2. The van der Waals surface area contributed by atoms with Crippen LogP contribution < -0.4 is 0 Å². The summed E-state index contributed by atoms with van der Waals surface area (Å²) in [6.45, 7) is 1.15. The van der Waals surface area contributed by atoms with Gasteiger partial charge in [0.25, 0.3) is 0 Å². The number of hydrogen-bond donors (Lipinski definition) is 1. The van der Waals surface area contributed by atoms with Crippen molar-refractivity contribution in [2.24, 2.45) is 0 Å². The number of pyridine rings is 1. The predicted octanol–water partition coefficient (Wildman–Crippen LogP) is 3.38. The second-order valence-corrected chi connectivity index (χ2v) is 5.93. The molecule has 0 saturated heterocycles. The maximum absolute atomic E-state index is 13.3. The molecule has 0 spiro atoms. The molecular formula is C18H16FN5O. The van der Waals surface area contributed by atoms with E-state index in [2.05, 4.69) is 20.1 Å². The Morgan fingerprint density at radius 3 is 2.92 bits per heavy atom. The zero-order valence-electron chi connectivity index (χ0n) is 13.6. The lowest BCUT2D eigenvalue weighted by molar-refractivity contribution is 0.259. The Kier molecular flexibility index (Phi) is 3.99. The van der Waals surface area contributed by atoms with Crippen LogP contribution in [0, 0.1) is 5.82 Å². The number of hydrogen-bond acceptors (Lipinski definition) is 5. The third-order valence-corrected chi connectivity index (χ3v) is 3.85. The van der Waals surface area contributed by atoms with Crippen LogP contribution in [-0.2, 0) is 13.1 Å². The third kappa shape index (κ3) is 3.41. The van der Waals surface area contributed by atoms with Gasteiger partial charge in [0.15, 0.2) is 0 Å². The quantitative estimate of drug-likeness (QED) is 0.604. The summed E-state index contributed by atoms with van der Waals surface area (Å²) in [5, 5.41) is 4.83. The molecule has 4 aromatic rings. The van der Waals surface area contributed by atoms with E-state index in [-0.39, 0.29) is 5.82 Å². The van der Waals surface area contributed by atoms with Crippen LogP contribution in [0.5, 0.6) is 0 Å². The lowest BCUT2D eigenvalue weighted by Crippen LogP contribution is -2.17. The summed E-state index contributed by atoms with van der Waals surface area (Å²) < 4.78 is 18.6. The Morgan fingerprint density at radius 1 is 1.16 bits per heavy atom. The molecule has 0 amide bonds. The van der Waals surface area contributed by atoms with Gasteiger partial charge in [-0.25, -0.2) is 4.39 Å². The van der Waals surface area contributed by atoms with Gasteiger partial charge in [-0.2, -0.15) is 4.98 Å². The predicted molar refractivity (Wildman–Crippen MR) is 91.0 cm³/mol. The Morgan fingerprint density at radius 2 is 2.08 bits per heavy atom. The van der Waals surface area contributed by atoms with Crippen molar-refractivity contribution >= 4 is 10.9 Å². The highest BCUT2D eigenvalue weighted by atomic mass is 19.1. The first kappa shape index (κ1) is 15.5. The van der Waals surface area contributed by atoms with Crippen LogP contribution in [0.3, 0.4) is 0 Å². The van der Waals surface area contributed by atoms with Gasteiger partial charge in [-0.15, -0.1) is 0 Å². The van der Waals surface area contributed by atoms with Gasteiger partial charge in [0, 0.05) is 29.3 Å². The molecule has 0 aliphatic heterocycles. The van der Waals surface area contributed by atoms with Crippen molar-refractivity contribution in [1.82, 2.24) is 25.0 Å². The van der Waals surface area contributed by atoms with Crippen molar-refractivity contribution in [2.45, 2.75) is 13.1 Å². The summed E-state index contributed by atoms with van der Waals surface area (Å²) >= 11 is 0. The van der Waals surface area contributed by atoms with Gasteiger partial charge < -0.3 is 9.51 Å². The third-order valence-electron chi connectivity index (χ3n) is 3.85. The molecular weight excluding hydrogens is 321 g/mol. The summed E-state index contributed by atoms with van der Waals surface area (Å²) in [6.07, 6.45) is 1.69. The molecule has 0 aliphatic rings. The highest BCUT2D eigenvalue weighted by Gasteiger charge is 2.12. The second-order valence-electron chi connectivity index (χ2n) is 5.93. The first-order valence-electron chi connectivity index (χ1n) is 7.87. The lowest BCUT2D eigenvalue weighted by Gasteiger charge is -2.12. The van der Waals surface area contributed by atoms with E-state index in [1.54, 1.807) is 12.3 Å². The molecule has 25 heavy (non-hydrogen) atoms. The average molecular weight is 337 g/mol. The molecule has 0 atom stereocenters. The van der Waals surface area contributed by atoms with Gasteiger partial charge in [-0.1, -0.05) is 11.2 Å². The van der Waals surface area contributed by atoms with Crippen LogP contribution in [-0.4, -0.2) is 32.1 Å². The summed E-state index contributed by atoms with van der Waals surface area (Å²) in [5.41, 5.74) is 2.59. The van der Waals surface area contributed by atoms with E-state index in [0.29, 0.717) is 30.5 Å². The van der Waals surface area contributed by atoms with Crippen LogP contribution >= 0.6 is 0 Å². The minimum Gasteiger partial charge on any atom is -0.357 e. The lowest BCUT2D eigenvalue weighted by atomic mass is 10.2. The number of nitrogens with zero attached hydrogens (tertiary/aromatic N) is 4. The average Bonchev–Trinajstić information content (AvgIpc) is 3.21. The molecule has 0 radical (unpaired) electrons. The minimum absolute atomic E-state index is 0.237. The monoisotopic (exact) mass is 337 g/mol. The fraction of sp³-hybridized carbons (Fsp3) is 0.167. The van der Waals surface area contributed by atoms with E-state index in [4.69, 9.17) is 4.52 Å². The second kappa shape index (κ2) is 6.45. The highest BCUT2D eigenvalue weighted by molar-refractivity contribution is 5.80. The summed E-state index contributed by atoms with van der Waals surface area (Å²) in [5.74, 6) is 0.759. The van der Waals surface area contributed by atoms with E-state index >= 15 is 0 Å². The van der Waals surface area contributed by atoms with Crippen molar-refractivity contribution in [2.75, 3.05) is 7.05 Å². The van der Waals surface area contributed by atoms with Crippen molar-refractivity contribution in [3.05, 3.63) is 66.1 Å². The molecule has 1 aromatic carbocycles. The number of benzene rings is 1. The van der Waals surface area contributed by atoms with Gasteiger partial charge in [-0.05, 0) is 43.4 Å². The van der Waals surface area contributed by atoms with Crippen LogP contribution in [0.4, 0.5) is 4.39 Å². The molecule has 4 rings (SSSR count). The molecule has 0 fully saturated rings. The fourth-order valence-corrected chi connectivity index (χ4v) is 2.74. The Bertz CT molecular complexity index is 995. The smallest absolute Gasteiger partial charge is 0.241 e. The number of aromatic nitrogens is 4. The number of nitrogens with one attached hydrogen (secondary N) is 1. The van der Waals surface area contributed by atoms with Gasteiger partial charge in [0.05, 0.1) is 6.54 Å². The topological polar surface area (TPSA) is 70.8 Å². The van der Waals surface area contributed by atoms with Gasteiger partial charge in [0.1, 0.15) is 11.5 Å². The number of aromatic amines is 1. The standard InChI is InChI=1S/C18H16FN5O/c1-24(10-14-9-12-8-13(19)5-6-15(12)21-14)11-17-22-18(23-25-17)16-4-2-3-7-20-16/h2-9,21H,10-11H2,1H3. The molecule has 0 saturated carbocycles. The maximum atomic E-state index is 13.3. The van der Waals surface area contributed by atoms with Crippen LogP contribution in [0.1, 0.15) is 11.6 Å². The Labute approximate surface area is 143 Å². The molecule has 3 aromatic heterocycles. The molecule has 126 valence electrons. The molecule has 7 heteroatoms. The van der Waals surface area contributed by atoms with Crippen LogP contribution in [0.15, 0.2) is 53.2 Å². The number of rotatable bonds is 5. The van der Waals surface area contributed by atoms with Crippen molar-refractivity contribution < 1.29 is 8.91 Å². The highest BCUT2D eigenvalue weighted by Crippen LogP contribution is 2.18. The minimum atomic E-state index is -0.237. The Hall–Kier alpha value is -3.06. The number of H-pyrrole nitrogens is 1. The first-order valence-corrected chi connectivity index (χ1v) is 7.87. The SMILES string of the molecule is CN(Cc1cc2cc(F)ccc2[nH]1)Cc1nc(-c2ccccn2)no1. The van der Waals surface area contributed by atoms with Crippen LogP contribution in [0.2, 0.25) is 0 Å². The number of halogens is 1. The normalized spacial score (nSPS) is 11.5. The van der Waals surface area contributed by atoms with Crippen molar-refractivity contribution in [3.63, 3.8) is 0 Å². The van der Waals surface area contributed by atoms with Crippen molar-refractivity contribution in [3.8, 4) is 11.5 Å². The Balaban J connectivity index is 1.45. The molecule has 1 N–H and O–H groups in total. The van der Waals surface area contributed by atoms with E-state index in [1.165, 1.54) is 12.1 Å². The van der Waals surface area contributed by atoms with E-state index in [1.807, 2.05) is 36.2 Å². The van der Waals surface area contributed by atoms with Gasteiger partial charge >= 0.3 is 0 Å². The summed E-state index contributed by atoms with van der Waals surface area (Å²) in [7, 11) is 1.96. The molecule has 6 nitrogen and oxygen atoms in total. The number of fused-ring (bicyclic) bond motifs is 1. The summed E-state index contributed by atoms with van der Waals surface area (Å²) in [6, 6.07) is 12.2. The maximum Gasteiger partial charge on any atom is 0.241 e.